The van der Waals surface area contributed by atoms with Crippen LogP contribution in [0.3, 0.4) is 0 Å². The molecule has 7 nitrogen and oxygen atoms in total. The van der Waals surface area contributed by atoms with Crippen LogP contribution < -0.4 is 14.7 Å². The third-order valence-corrected chi connectivity index (χ3v) is 7.69. The highest BCUT2D eigenvalue weighted by Crippen LogP contribution is 2.29. The Morgan fingerprint density at radius 2 is 1.08 bits per heavy atom. The topological polar surface area (TPSA) is 77.6 Å². The van der Waals surface area contributed by atoms with Crippen LogP contribution in [-0.2, 0) is 0 Å². The number of hydrogen-bond donors (Lipinski definition) is 0. The SMILES string of the molecule is Cc1cc(C)c(N2CCN(c3ccccc3C#N)CC2)cc1C(=O)N1CCN(c2ccccc2C#N)CC1. The molecule has 1 amide bonds. The van der Waals surface area contributed by atoms with Crippen molar-refractivity contribution in [1.29, 1.82) is 10.5 Å². The monoisotopic (exact) mass is 504 g/mol. The average Bonchev–Trinajstić information content (AvgIpc) is 2.97. The smallest absolute Gasteiger partial charge is 0.254 e. The van der Waals surface area contributed by atoms with Gasteiger partial charge in [-0.3, -0.25) is 4.79 Å². The number of benzene rings is 3. The summed E-state index contributed by atoms with van der Waals surface area (Å²) in [5.74, 6) is 0.0681. The summed E-state index contributed by atoms with van der Waals surface area (Å²) in [7, 11) is 0. The Bertz CT molecular complexity index is 1420. The summed E-state index contributed by atoms with van der Waals surface area (Å²) in [5.41, 5.74) is 7.33. The first-order valence-corrected chi connectivity index (χ1v) is 13.1. The number of nitrogens with zero attached hydrogens (tertiary/aromatic N) is 6. The summed E-state index contributed by atoms with van der Waals surface area (Å²) in [6.07, 6.45) is 0. The summed E-state index contributed by atoms with van der Waals surface area (Å²) in [6.45, 7) is 10.1. The van der Waals surface area contributed by atoms with Crippen molar-refractivity contribution < 1.29 is 4.79 Å². The van der Waals surface area contributed by atoms with Crippen LogP contribution in [0.15, 0.2) is 60.7 Å². The number of carbonyl (C=O) groups excluding carboxylic acids is 1. The number of nitriles is 2. The zero-order chi connectivity index (χ0) is 26.6. The molecule has 0 unspecified atom stereocenters. The van der Waals surface area contributed by atoms with E-state index in [-0.39, 0.29) is 5.91 Å². The standard InChI is InChI=1S/C31H32N6O/c1-23-19-24(2)30(36-13-11-34(12-14-36)28-9-5-3-7-25(28)21-32)20-27(23)31(38)37-17-15-35(16-18-37)29-10-6-4-8-26(29)22-33/h3-10,19-20H,11-18H2,1-2H3. The lowest BCUT2D eigenvalue weighted by Crippen LogP contribution is -2.49. The van der Waals surface area contributed by atoms with Crippen molar-refractivity contribution in [2.45, 2.75) is 13.8 Å². The summed E-state index contributed by atoms with van der Waals surface area (Å²) in [6, 6.07) is 24.2. The van der Waals surface area contributed by atoms with E-state index in [9.17, 15) is 15.3 Å². The van der Waals surface area contributed by atoms with Crippen molar-refractivity contribution in [3.05, 3.63) is 88.5 Å². The van der Waals surface area contributed by atoms with Gasteiger partial charge in [-0.05, 0) is 55.3 Å². The van der Waals surface area contributed by atoms with Gasteiger partial charge in [0.05, 0.1) is 22.5 Å². The second-order valence-corrected chi connectivity index (χ2v) is 9.96. The molecule has 0 bridgehead atoms. The largest absolute Gasteiger partial charge is 0.368 e. The van der Waals surface area contributed by atoms with E-state index in [2.05, 4.69) is 45.9 Å². The van der Waals surface area contributed by atoms with E-state index in [1.54, 1.807) is 0 Å². The Hall–Kier alpha value is -4.49. The molecule has 192 valence electrons. The second kappa shape index (κ2) is 10.9. The quantitative estimate of drug-likeness (QED) is 0.526. The highest BCUT2D eigenvalue weighted by Gasteiger charge is 2.26. The van der Waals surface area contributed by atoms with Gasteiger partial charge >= 0.3 is 0 Å². The second-order valence-electron chi connectivity index (χ2n) is 9.96. The predicted octanol–water partition coefficient (Wildman–Crippen LogP) is 4.34. The molecule has 2 aliphatic rings. The number of anilines is 3. The minimum absolute atomic E-state index is 0.0681. The molecule has 0 spiro atoms. The maximum absolute atomic E-state index is 13.6. The normalized spacial score (nSPS) is 15.7. The Labute approximate surface area is 224 Å². The van der Waals surface area contributed by atoms with Crippen LogP contribution in [0.4, 0.5) is 17.1 Å². The number of aryl methyl sites for hydroxylation is 2. The summed E-state index contributed by atoms with van der Waals surface area (Å²) in [5, 5.41) is 18.9. The molecule has 38 heavy (non-hydrogen) atoms. The van der Waals surface area contributed by atoms with Crippen LogP contribution >= 0.6 is 0 Å². The Balaban J connectivity index is 1.28. The Morgan fingerprint density at radius 1 is 0.632 bits per heavy atom. The number of amides is 1. The maximum atomic E-state index is 13.6. The molecule has 0 N–H and O–H groups in total. The zero-order valence-corrected chi connectivity index (χ0v) is 22.0. The molecule has 3 aromatic carbocycles. The fraction of sp³-hybridized carbons (Fsp3) is 0.323. The molecule has 2 fully saturated rings. The van der Waals surface area contributed by atoms with E-state index in [0.717, 1.165) is 54.4 Å². The molecular weight excluding hydrogens is 472 g/mol. The van der Waals surface area contributed by atoms with E-state index >= 15 is 0 Å². The Morgan fingerprint density at radius 3 is 1.58 bits per heavy atom. The van der Waals surface area contributed by atoms with Crippen molar-refractivity contribution in [3.8, 4) is 12.1 Å². The van der Waals surface area contributed by atoms with Gasteiger partial charge in [0.1, 0.15) is 12.1 Å². The minimum Gasteiger partial charge on any atom is -0.368 e. The van der Waals surface area contributed by atoms with E-state index in [1.807, 2.05) is 60.4 Å². The van der Waals surface area contributed by atoms with Crippen LogP contribution in [0.25, 0.3) is 0 Å². The van der Waals surface area contributed by atoms with E-state index in [4.69, 9.17) is 0 Å². The first kappa shape index (κ1) is 25.2. The summed E-state index contributed by atoms with van der Waals surface area (Å²) >= 11 is 0. The van der Waals surface area contributed by atoms with Gasteiger partial charge in [0.2, 0.25) is 0 Å². The van der Waals surface area contributed by atoms with Gasteiger partial charge in [-0.2, -0.15) is 10.5 Å². The first-order chi connectivity index (χ1) is 18.5. The molecule has 0 saturated carbocycles. The molecule has 5 rings (SSSR count). The van der Waals surface area contributed by atoms with Gasteiger partial charge in [-0.1, -0.05) is 30.3 Å². The van der Waals surface area contributed by atoms with Crippen molar-refractivity contribution in [1.82, 2.24) is 4.90 Å². The number of carbonyl (C=O) groups is 1. The Kier molecular flexibility index (Phi) is 7.20. The molecule has 2 heterocycles. The molecule has 2 aliphatic heterocycles. The van der Waals surface area contributed by atoms with Crippen molar-refractivity contribution in [3.63, 3.8) is 0 Å². The molecule has 3 aromatic rings. The van der Waals surface area contributed by atoms with Crippen LogP contribution in [-0.4, -0.2) is 63.2 Å². The van der Waals surface area contributed by atoms with Crippen LogP contribution in [0, 0.1) is 36.5 Å². The van der Waals surface area contributed by atoms with Gasteiger partial charge in [-0.15, -0.1) is 0 Å². The molecule has 0 aromatic heterocycles. The number of hydrogen-bond acceptors (Lipinski definition) is 6. The molecule has 7 heteroatoms. The van der Waals surface area contributed by atoms with Crippen molar-refractivity contribution >= 4 is 23.0 Å². The minimum atomic E-state index is 0.0681. The highest BCUT2D eigenvalue weighted by molar-refractivity contribution is 5.97. The van der Waals surface area contributed by atoms with Gasteiger partial charge in [0.25, 0.3) is 5.91 Å². The maximum Gasteiger partial charge on any atom is 0.254 e. The average molecular weight is 505 g/mol. The fourth-order valence-corrected chi connectivity index (χ4v) is 5.61. The van der Waals surface area contributed by atoms with Gasteiger partial charge in [0.15, 0.2) is 0 Å². The van der Waals surface area contributed by atoms with Crippen molar-refractivity contribution in [2.75, 3.05) is 67.1 Å². The van der Waals surface area contributed by atoms with E-state index in [1.165, 1.54) is 5.56 Å². The third-order valence-electron chi connectivity index (χ3n) is 7.69. The molecule has 0 aliphatic carbocycles. The van der Waals surface area contributed by atoms with Gasteiger partial charge < -0.3 is 19.6 Å². The lowest BCUT2D eigenvalue weighted by atomic mass is 10.0. The van der Waals surface area contributed by atoms with Gasteiger partial charge in [0, 0.05) is 63.6 Å². The van der Waals surface area contributed by atoms with Gasteiger partial charge in [-0.25, -0.2) is 0 Å². The molecular formula is C31H32N6O. The fourth-order valence-electron chi connectivity index (χ4n) is 5.61. The van der Waals surface area contributed by atoms with Crippen LogP contribution in [0.2, 0.25) is 0 Å². The number of rotatable bonds is 4. The predicted molar refractivity (Wildman–Crippen MR) is 151 cm³/mol. The summed E-state index contributed by atoms with van der Waals surface area (Å²) in [4.78, 5) is 22.4. The number of para-hydroxylation sites is 2. The first-order valence-electron chi connectivity index (χ1n) is 13.1. The molecule has 0 radical (unpaired) electrons. The highest BCUT2D eigenvalue weighted by atomic mass is 16.2. The van der Waals surface area contributed by atoms with E-state index < -0.39 is 0 Å². The molecule has 0 atom stereocenters. The molecule has 2 saturated heterocycles. The lowest BCUT2D eigenvalue weighted by molar-refractivity contribution is 0.0746. The van der Waals surface area contributed by atoms with Crippen LogP contribution in [0.5, 0.6) is 0 Å². The van der Waals surface area contributed by atoms with E-state index in [0.29, 0.717) is 37.3 Å². The third kappa shape index (κ3) is 4.88. The van der Waals surface area contributed by atoms with Crippen molar-refractivity contribution in [2.24, 2.45) is 0 Å². The zero-order valence-electron chi connectivity index (χ0n) is 22.0. The summed E-state index contributed by atoms with van der Waals surface area (Å²) < 4.78 is 0. The lowest BCUT2D eigenvalue weighted by Gasteiger charge is -2.39. The number of piperazine rings is 2. The van der Waals surface area contributed by atoms with Crippen LogP contribution in [0.1, 0.15) is 32.6 Å².